The lowest BCUT2D eigenvalue weighted by Crippen LogP contribution is -2.33. The molecule has 13 heavy (non-hydrogen) atoms. The van der Waals surface area contributed by atoms with Crippen LogP contribution in [0.25, 0.3) is 0 Å². The van der Waals surface area contributed by atoms with E-state index in [0.717, 1.165) is 0 Å². The Balaban J connectivity index is 0.00000144. The number of carboxylic acids is 1. The van der Waals surface area contributed by atoms with E-state index in [0.29, 0.717) is 0 Å². The summed E-state index contributed by atoms with van der Waals surface area (Å²) in [6.07, 6.45) is -4.41. The van der Waals surface area contributed by atoms with Crippen molar-refractivity contribution in [3.63, 3.8) is 0 Å². The van der Waals surface area contributed by atoms with Gasteiger partial charge >= 0.3 is 12.1 Å². The number of hydrogen-bond acceptors (Lipinski definition) is 2. The quantitative estimate of drug-likeness (QED) is 0.689. The van der Waals surface area contributed by atoms with E-state index in [2.05, 4.69) is 5.32 Å². The van der Waals surface area contributed by atoms with E-state index in [4.69, 9.17) is 5.11 Å². The van der Waals surface area contributed by atoms with E-state index < -0.39 is 24.0 Å². The Morgan fingerprint density at radius 3 is 2.23 bits per heavy atom. The van der Waals surface area contributed by atoms with E-state index >= 15 is 0 Å². The van der Waals surface area contributed by atoms with Gasteiger partial charge in [0, 0.05) is 13.1 Å². The summed E-state index contributed by atoms with van der Waals surface area (Å²) < 4.78 is 36.2. The smallest absolute Gasteiger partial charge is 0.393 e. The summed E-state index contributed by atoms with van der Waals surface area (Å²) in [5, 5.41) is 10.8. The van der Waals surface area contributed by atoms with Gasteiger partial charge in [0.1, 0.15) is 0 Å². The molecule has 0 aromatic heterocycles. The van der Waals surface area contributed by atoms with Gasteiger partial charge in [-0.2, -0.15) is 13.2 Å². The van der Waals surface area contributed by atoms with Gasteiger partial charge in [0.15, 0.2) is 0 Å². The highest BCUT2D eigenvalue weighted by atomic mass is 35.5. The minimum atomic E-state index is -4.41. The topological polar surface area (TPSA) is 49.3 Å². The molecule has 2 atom stereocenters. The fraction of sp³-hybridized carbons (Fsp3) is 0.833. The second kappa shape index (κ2) is 4.15. The Hall–Kier alpha value is -0.490. The molecule has 0 amide bonds. The number of carboxylic acid groups (broad SMARTS) is 1. The normalized spacial score (nSPS) is 28.2. The highest BCUT2D eigenvalue weighted by Gasteiger charge is 2.49. The number of halogens is 4. The Bertz CT molecular complexity index is 197. The van der Waals surface area contributed by atoms with Gasteiger partial charge in [-0.3, -0.25) is 4.79 Å². The van der Waals surface area contributed by atoms with Crippen molar-refractivity contribution in [1.29, 1.82) is 0 Å². The molecule has 1 aliphatic rings. The molecule has 0 spiro atoms. The molecule has 1 heterocycles. The molecule has 1 saturated heterocycles. The molecule has 0 bridgehead atoms. The third kappa shape index (κ3) is 2.73. The zero-order valence-electron chi connectivity index (χ0n) is 6.47. The Morgan fingerprint density at radius 1 is 1.38 bits per heavy atom. The van der Waals surface area contributed by atoms with Crippen molar-refractivity contribution in [2.24, 2.45) is 11.8 Å². The van der Waals surface area contributed by atoms with Gasteiger partial charge < -0.3 is 10.4 Å². The van der Waals surface area contributed by atoms with Crippen molar-refractivity contribution >= 4 is 18.4 Å². The molecule has 0 saturated carbocycles. The average molecular weight is 220 g/mol. The first-order chi connectivity index (χ1) is 5.43. The molecule has 3 nitrogen and oxygen atoms in total. The number of nitrogens with one attached hydrogen (secondary N) is 1. The second-order valence-corrected chi connectivity index (χ2v) is 2.75. The summed E-state index contributed by atoms with van der Waals surface area (Å²) in [4.78, 5) is 10.3. The van der Waals surface area contributed by atoms with Gasteiger partial charge in [0.05, 0.1) is 11.8 Å². The number of hydrogen-bond donors (Lipinski definition) is 2. The maximum Gasteiger partial charge on any atom is 0.393 e. The van der Waals surface area contributed by atoms with Gasteiger partial charge in [0.2, 0.25) is 0 Å². The summed E-state index contributed by atoms with van der Waals surface area (Å²) >= 11 is 0. The monoisotopic (exact) mass is 219 g/mol. The van der Waals surface area contributed by atoms with Crippen molar-refractivity contribution in [3.05, 3.63) is 0 Å². The zero-order valence-corrected chi connectivity index (χ0v) is 7.28. The van der Waals surface area contributed by atoms with Crippen molar-refractivity contribution in [2.45, 2.75) is 6.18 Å². The summed E-state index contributed by atoms with van der Waals surface area (Å²) in [5.41, 5.74) is 0. The van der Waals surface area contributed by atoms with Crippen molar-refractivity contribution < 1.29 is 23.1 Å². The van der Waals surface area contributed by atoms with Gasteiger partial charge in [-0.15, -0.1) is 12.4 Å². The van der Waals surface area contributed by atoms with Crippen LogP contribution in [-0.4, -0.2) is 30.3 Å². The molecule has 0 radical (unpaired) electrons. The molecule has 1 aliphatic heterocycles. The first-order valence-corrected chi connectivity index (χ1v) is 3.43. The number of alkyl halides is 3. The predicted molar refractivity (Wildman–Crippen MR) is 40.8 cm³/mol. The largest absolute Gasteiger partial charge is 0.481 e. The number of rotatable bonds is 1. The molecule has 78 valence electrons. The molecular formula is C6H9ClF3NO2. The van der Waals surface area contributed by atoms with Crippen LogP contribution in [0.3, 0.4) is 0 Å². The van der Waals surface area contributed by atoms with Crippen LogP contribution in [0.1, 0.15) is 0 Å². The van der Waals surface area contributed by atoms with Crippen LogP contribution in [0.15, 0.2) is 0 Å². The summed E-state index contributed by atoms with van der Waals surface area (Å²) in [6.45, 7) is -0.389. The van der Waals surface area contributed by atoms with Crippen molar-refractivity contribution in [3.8, 4) is 0 Å². The van der Waals surface area contributed by atoms with Crippen LogP contribution in [0, 0.1) is 11.8 Å². The fourth-order valence-electron chi connectivity index (χ4n) is 1.28. The highest BCUT2D eigenvalue weighted by Crippen LogP contribution is 2.34. The van der Waals surface area contributed by atoms with Gasteiger partial charge in [0.25, 0.3) is 0 Å². The maximum absolute atomic E-state index is 12.1. The Kier molecular flexibility index (Phi) is 3.99. The molecule has 1 rings (SSSR count). The summed E-state index contributed by atoms with van der Waals surface area (Å²) in [6, 6.07) is 0. The first kappa shape index (κ1) is 12.5. The molecule has 0 aromatic rings. The minimum Gasteiger partial charge on any atom is -0.481 e. The number of aliphatic carboxylic acids is 1. The first-order valence-electron chi connectivity index (χ1n) is 3.43. The Labute approximate surface area is 78.7 Å². The fourth-order valence-corrected chi connectivity index (χ4v) is 1.28. The standard InChI is InChI=1S/C6H8F3NO2.ClH/c7-6(8,9)4-2-10-1-3(4)5(11)12;/h3-4,10H,1-2H2,(H,11,12);1H/t3-,4+;/m1./s1. The van der Waals surface area contributed by atoms with Gasteiger partial charge in [-0.25, -0.2) is 0 Å². The van der Waals surface area contributed by atoms with Crippen LogP contribution in [0.4, 0.5) is 13.2 Å². The molecule has 1 fully saturated rings. The molecule has 0 aromatic carbocycles. The molecule has 0 aliphatic carbocycles. The lowest BCUT2D eigenvalue weighted by atomic mass is 9.96. The second-order valence-electron chi connectivity index (χ2n) is 2.75. The molecular weight excluding hydrogens is 211 g/mol. The van der Waals surface area contributed by atoms with Gasteiger partial charge in [-0.1, -0.05) is 0 Å². The Morgan fingerprint density at radius 2 is 1.92 bits per heavy atom. The SMILES string of the molecule is Cl.O=C(O)[C@@H]1CNC[C@@H]1C(F)(F)F. The number of carbonyl (C=O) groups is 1. The molecule has 0 unspecified atom stereocenters. The van der Waals surface area contributed by atoms with Gasteiger partial charge in [-0.05, 0) is 0 Å². The molecule has 7 heteroatoms. The molecule has 2 N–H and O–H groups in total. The van der Waals surface area contributed by atoms with Crippen molar-refractivity contribution in [1.82, 2.24) is 5.32 Å². The third-order valence-corrected chi connectivity index (χ3v) is 1.95. The van der Waals surface area contributed by atoms with E-state index in [1.54, 1.807) is 0 Å². The van der Waals surface area contributed by atoms with E-state index in [9.17, 15) is 18.0 Å². The van der Waals surface area contributed by atoms with Crippen LogP contribution >= 0.6 is 12.4 Å². The van der Waals surface area contributed by atoms with E-state index in [-0.39, 0.29) is 25.5 Å². The van der Waals surface area contributed by atoms with Crippen LogP contribution in [0.5, 0.6) is 0 Å². The summed E-state index contributed by atoms with van der Waals surface area (Å²) in [7, 11) is 0. The lowest BCUT2D eigenvalue weighted by Gasteiger charge is -2.17. The van der Waals surface area contributed by atoms with Crippen LogP contribution in [0.2, 0.25) is 0 Å². The van der Waals surface area contributed by atoms with E-state index in [1.807, 2.05) is 0 Å². The van der Waals surface area contributed by atoms with E-state index in [1.165, 1.54) is 0 Å². The minimum absolute atomic E-state index is 0. The van der Waals surface area contributed by atoms with Crippen molar-refractivity contribution in [2.75, 3.05) is 13.1 Å². The predicted octanol–water partition coefficient (Wildman–Crippen LogP) is 0.891. The average Bonchev–Trinajstić information content (AvgIpc) is 2.30. The maximum atomic E-state index is 12.1. The summed E-state index contributed by atoms with van der Waals surface area (Å²) in [5.74, 6) is -4.46. The third-order valence-electron chi connectivity index (χ3n) is 1.95. The highest BCUT2D eigenvalue weighted by molar-refractivity contribution is 5.85. The zero-order chi connectivity index (χ0) is 9.35. The van der Waals surface area contributed by atoms with Crippen LogP contribution < -0.4 is 5.32 Å². The lowest BCUT2D eigenvalue weighted by molar-refractivity contribution is -0.187. The van der Waals surface area contributed by atoms with Crippen LogP contribution in [-0.2, 0) is 4.79 Å².